The number of aliphatic hydroxyl groups is 1. The van der Waals surface area contributed by atoms with Gasteiger partial charge in [-0.1, -0.05) is 23.2 Å². The summed E-state index contributed by atoms with van der Waals surface area (Å²) in [7, 11) is 2.12. The summed E-state index contributed by atoms with van der Waals surface area (Å²) < 4.78 is 0.795. The number of amides is 2. The molecule has 1 unspecified atom stereocenters. The van der Waals surface area contributed by atoms with E-state index in [2.05, 4.69) is 12.4 Å². The van der Waals surface area contributed by atoms with Gasteiger partial charge in [-0.25, -0.2) is 4.79 Å². The summed E-state index contributed by atoms with van der Waals surface area (Å²) >= 11 is 11.9. The number of benzene rings is 1. The van der Waals surface area contributed by atoms with Gasteiger partial charge in [0.05, 0.1) is 33.3 Å². The molecule has 0 bridgehead atoms. The summed E-state index contributed by atoms with van der Waals surface area (Å²) in [5, 5.41) is 13.0. The van der Waals surface area contributed by atoms with Gasteiger partial charge in [-0.3, -0.25) is 0 Å². The normalized spacial score (nSPS) is 21.3. The molecule has 0 radical (unpaired) electrons. The molecule has 1 aromatic rings. The van der Waals surface area contributed by atoms with Gasteiger partial charge in [-0.05, 0) is 18.2 Å². The number of hydrogen-bond donors (Lipinski definition) is 2. The number of nitrogens with one attached hydrogen (secondary N) is 1. The van der Waals surface area contributed by atoms with E-state index in [4.69, 9.17) is 28.3 Å². The van der Waals surface area contributed by atoms with E-state index >= 15 is 0 Å². The first-order valence-electron chi connectivity index (χ1n) is 7.38. The zero-order valence-corrected chi connectivity index (χ0v) is 16.7. The first-order chi connectivity index (χ1) is 10.4. The number of hydrogen-bond acceptors (Lipinski definition) is 2. The average molecular weight is 474 g/mol. The van der Waals surface area contributed by atoms with Gasteiger partial charge in [0.1, 0.15) is 6.54 Å². The van der Waals surface area contributed by atoms with Crippen LogP contribution in [-0.2, 0) is 0 Å². The lowest BCUT2D eigenvalue weighted by molar-refractivity contribution is -0.907. The molecule has 1 aliphatic heterocycles. The van der Waals surface area contributed by atoms with Gasteiger partial charge in [0.15, 0.2) is 0 Å². The van der Waals surface area contributed by atoms with E-state index < -0.39 is 0 Å². The van der Waals surface area contributed by atoms with Gasteiger partial charge in [0.25, 0.3) is 0 Å². The lowest BCUT2D eigenvalue weighted by Crippen LogP contribution is -3.00. The van der Waals surface area contributed by atoms with Crippen LogP contribution >= 0.6 is 23.2 Å². The molecular weight excluding hydrogens is 452 g/mol. The van der Waals surface area contributed by atoms with E-state index in [1.807, 2.05) is 0 Å². The third kappa shape index (κ3) is 6.26. The Morgan fingerprint density at radius 1 is 1.26 bits per heavy atom. The smallest absolute Gasteiger partial charge is 0.322 e. The van der Waals surface area contributed by atoms with Crippen LogP contribution in [0.5, 0.6) is 0 Å². The fourth-order valence-corrected chi connectivity index (χ4v) is 3.25. The lowest BCUT2D eigenvalue weighted by atomic mass is 10.3. The molecule has 2 rings (SSSR count). The molecule has 8 heteroatoms. The Labute approximate surface area is 164 Å². The topological polar surface area (TPSA) is 52.6 Å². The van der Waals surface area contributed by atoms with E-state index in [0.717, 1.165) is 30.5 Å². The minimum atomic E-state index is -0.143. The standard InChI is InChI=1S/C15H21Cl2N3O2.HI/c1-20(7-8-21)5-2-3-19(4-6-20)15(22)18-14-10-12(16)9-13(17)11-14;/h9-11,21H,2-8H2,1H3;1H. The molecule has 0 saturated carbocycles. The maximum Gasteiger partial charge on any atom is 0.322 e. The molecule has 1 saturated heterocycles. The summed E-state index contributed by atoms with van der Waals surface area (Å²) in [5.41, 5.74) is 0.597. The van der Waals surface area contributed by atoms with Crippen molar-refractivity contribution in [1.29, 1.82) is 0 Å². The van der Waals surface area contributed by atoms with Crippen molar-refractivity contribution in [1.82, 2.24) is 4.90 Å². The van der Waals surface area contributed by atoms with Crippen molar-refractivity contribution in [3.05, 3.63) is 28.2 Å². The number of halogens is 3. The van der Waals surface area contributed by atoms with E-state index in [0.29, 0.717) is 28.8 Å². The van der Waals surface area contributed by atoms with Crippen LogP contribution in [-0.4, -0.2) is 66.9 Å². The van der Waals surface area contributed by atoms with Gasteiger partial charge in [-0.2, -0.15) is 0 Å². The highest BCUT2D eigenvalue weighted by Gasteiger charge is 2.27. The SMILES string of the molecule is C[N+]1(CCO)CCCN(C(=O)Nc2cc(Cl)cc(Cl)c2)CC1.[I-]. The zero-order valence-electron chi connectivity index (χ0n) is 13.1. The highest BCUT2D eigenvalue weighted by atomic mass is 127. The molecule has 23 heavy (non-hydrogen) atoms. The van der Waals surface area contributed by atoms with Crippen molar-refractivity contribution < 1.29 is 38.4 Å². The second kappa shape index (κ2) is 9.27. The van der Waals surface area contributed by atoms with Crippen LogP contribution < -0.4 is 29.3 Å². The zero-order chi connectivity index (χ0) is 16.2. The molecule has 2 N–H and O–H groups in total. The van der Waals surface area contributed by atoms with Crippen LogP contribution in [0, 0.1) is 0 Å². The first kappa shape index (κ1) is 20.8. The number of nitrogens with zero attached hydrogens (tertiary/aromatic N) is 2. The Morgan fingerprint density at radius 2 is 1.91 bits per heavy atom. The van der Waals surface area contributed by atoms with E-state index in [1.54, 1.807) is 23.1 Å². The largest absolute Gasteiger partial charge is 1.00 e. The van der Waals surface area contributed by atoms with Crippen molar-refractivity contribution >= 4 is 34.9 Å². The molecule has 1 fully saturated rings. The summed E-state index contributed by atoms with van der Waals surface area (Å²) in [4.78, 5) is 14.2. The number of anilines is 1. The fraction of sp³-hybridized carbons (Fsp3) is 0.533. The van der Waals surface area contributed by atoms with E-state index in [1.165, 1.54) is 0 Å². The summed E-state index contributed by atoms with van der Waals surface area (Å²) in [5.74, 6) is 0. The quantitative estimate of drug-likeness (QED) is 0.466. The van der Waals surface area contributed by atoms with Gasteiger partial charge < -0.3 is 43.8 Å². The third-order valence-electron chi connectivity index (χ3n) is 4.08. The van der Waals surface area contributed by atoms with Gasteiger partial charge in [-0.15, -0.1) is 0 Å². The first-order valence-corrected chi connectivity index (χ1v) is 8.14. The Kier molecular flexibility index (Phi) is 8.37. The molecule has 0 aromatic heterocycles. The van der Waals surface area contributed by atoms with Gasteiger partial charge in [0.2, 0.25) is 0 Å². The lowest BCUT2D eigenvalue weighted by Gasteiger charge is -2.32. The summed E-state index contributed by atoms with van der Waals surface area (Å²) in [6.07, 6.45) is 0.917. The molecule has 2 amide bonds. The van der Waals surface area contributed by atoms with Crippen molar-refractivity contribution in [2.45, 2.75) is 6.42 Å². The molecule has 1 atom stereocenters. The van der Waals surface area contributed by atoms with Crippen LogP contribution in [0.1, 0.15) is 6.42 Å². The maximum atomic E-state index is 12.4. The minimum Gasteiger partial charge on any atom is -1.00 e. The van der Waals surface area contributed by atoms with E-state index in [-0.39, 0.29) is 36.6 Å². The Morgan fingerprint density at radius 3 is 2.52 bits per heavy atom. The van der Waals surface area contributed by atoms with Crippen molar-refractivity contribution in [2.24, 2.45) is 0 Å². The number of likely N-dealkylation sites (N-methyl/N-ethyl adjacent to an activating group) is 1. The van der Waals surface area contributed by atoms with Crippen LogP contribution in [0.15, 0.2) is 18.2 Å². The molecule has 130 valence electrons. The molecule has 1 aliphatic rings. The van der Waals surface area contributed by atoms with Crippen LogP contribution in [0.3, 0.4) is 0 Å². The highest BCUT2D eigenvalue weighted by molar-refractivity contribution is 6.35. The number of carbonyl (C=O) groups excluding carboxylic acids is 1. The molecule has 0 aliphatic carbocycles. The Balaban J connectivity index is 0.00000264. The second-order valence-corrected chi connectivity index (χ2v) is 6.82. The number of urea groups is 1. The molecular formula is C15H22Cl2IN3O2. The number of aliphatic hydroxyl groups excluding tert-OH is 1. The number of rotatable bonds is 3. The summed E-state index contributed by atoms with van der Waals surface area (Å²) in [6.45, 7) is 4.07. The number of carbonyl (C=O) groups is 1. The molecule has 1 aromatic carbocycles. The molecule has 0 spiro atoms. The predicted molar refractivity (Wildman–Crippen MR) is 89.5 cm³/mol. The highest BCUT2D eigenvalue weighted by Crippen LogP contribution is 2.23. The maximum absolute atomic E-state index is 12.4. The summed E-state index contributed by atoms with van der Waals surface area (Å²) in [6, 6.07) is 4.84. The van der Waals surface area contributed by atoms with Crippen LogP contribution in [0.25, 0.3) is 0 Å². The Bertz CT molecular complexity index is 527. The molecule has 1 heterocycles. The second-order valence-electron chi connectivity index (χ2n) is 5.94. The Hall–Kier alpha value is -0.280. The number of quaternary nitrogens is 1. The predicted octanol–water partition coefficient (Wildman–Crippen LogP) is -0.326. The van der Waals surface area contributed by atoms with Gasteiger partial charge >= 0.3 is 6.03 Å². The third-order valence-corrected chi connectivity index (χ3v) is 4.51. The van der Waals surface area contributed by atoms with Gasteiger partial charge in [0, 0.05) is 28.7 Å². The fourth-order valence-electron chi connectivity index (χ4n) is 2.73. The minimum absolute atomic E-state index is 0. The van der Waals surface area contributed by atoms with Crippen molar-refractivity contribution in [2.75, 3.05) is 51.7 Å². The molecule has 5 nitrogen and oxygen atoms in total. The average Bonchev–Trinajstić information content (AvgIpc) is 2.60. The van der Waals surface area contributed by atoms with Crippen molar-refractivity contribution in [3.8, 4) is 0 Å². The van der Waals surface area contributed by atoms with Crippen molar-refractivity contribution in [3.63, 3.8) is 0 Å². The van der Waals surface area contributed by atoms with E-state index in [9.17, 15) is 4.79 Å². The van der Waals surface area contributed by atoms with Crippen LogP contribution in [0.2, 0.25) is 10.0 Å². The monoisotopic (exact) mass is 473 g/mol. The van der Waals surface area contributed by atoms with Crippen LogP contribution in [0.4, 0.5) is 10.5 Å².